The molecular formula is C13H19NO3. The summed E-state index contributed by atoms with van der Waals surface area (Å²) < 4.78 is 16.4. The van der Waals surface area contributed by atoms with Crippen molar-refractivity contribution in [1.29, 1.82) is 0 Å². The largest absolute Gasteiger partial charge is 0.491 e. The second-order valence-electron chi connectivity index (χ2n) is 4.21. The molecule has 4 heteroatoms. The highest BCUT2D eigenvalue weighted by atomic mass is 16.5. The maximum atomic E-state index is 5.63. The number of hydrogen-bond acceptors (Lipinski definition) is 4. The van der Waals surface area contributed by atoms with Gasteiger partial charge in [-0.25, -0.2) is 0 Å². The van der Waals surface area contributed by atoms with Crippen LogP contribution in [0.1, 0.15) is 18.5 Å². The first kappa shape index (κ1) is 12.2. The fraction of sp³-hybridized carbons (Fsp3) is 0.538. The molecule has 1 aliphatic rings. The summed E-state index contributed by atoms with van der Waals surface area (Å²) in [6.07, 6.45) is 0.0919. The Morgan fingerprint density at radius 1 is 1.53 bits per heavy atom. The van der Waals surface area contributed by atoms with E-state index in [9.17, 15) is 0 Å². The molecule has 4 nitrogen and oxygen atoms in total. The van der Waals surface area contributed by atoms with E-state index in [1.54, 1.807) is 7.11 Å². The van der Waals surface area contributed by atoms with Crippen molar-refractivity contribution in [3.63, 3.8) is 0 Å². The minimum atomic E-state index is 0.0919. The van der Waals surface area contributed by atoms with Gasteiger partial charge in [-0.2, -0.15) is 0 Å². The normalized spacial score (nSPS) is 19.6. The average Bonchev–Trinajstić information content (AvgIpc) is 2.78. The first-order valence-corrected chi connectivity index (χ1v) is 5.84. The van der Waals surface area contributed by atoms with Crippen molar-refractivity contribution >= 4 is 0 Å². The number of ether oxygens (including phenoxy) is 3. The Kier molecular flexibility index (Phi) is 3.86. The SMILES string of the molecule is CNC1COc2cc(OCC(C)OC)ccc21. The molecule has 1 heterocycles. The number of hydrogen-bond donors (Lipinski definition) is 1. The van der Waals surface area contributed by atoms with E-state index in [4.69, 9.17) is 14.2 Å². The molecule has 2 atom stereocenters. The molecule has 0 aliphatic carbocycles. The van der Waals surface area contributed by atoms with Gasteiger partial charge in [-0.3, -0.25) is 0 Å². The molecule has 94 valence electrons. The Morgan fingerprint density at radius 2 is 2.35 bits per heavy atom. The minimum Gasteiger partial charge on any atom is -0.491 e. The molecule has 1 aromatic carbocycles. The van der Waals surface area contributed by atoms with Gasteiger partial charge in [-0.05, 0) is 26.1 Å². The molecule has 17 heavy (non-hydrogen) atoms. The summed E-state index contributed by atoms with van der Waals surface area (Å²) >= 11 is 0. The Morgan fingerprint density at radius 3 is 3.06 bits per heavy atom. The van der Waals surface area contributed by atoms with Crippen molar-refractivity contribution in [1.82, 2.24) is 5.32 Å². The Hall–Kier alpha value is -1.26. The highest BCUT2D eigenvalue weighted by molar-refractivity contribution is 5.44. The van der Waals surface area contributed by atoms with Crippen molar-refractivity contribution in [3.8, 4) is 11.5 Å². The predicted octanol–water partition coefficient (Wildman–Crippen LogP) is 1.75. The van der Waals surface area contributed by atoms with Crippen LogP contribution in [-0.4, -0.2) is 33.5 Å². The maximum Gasteiger partial charge on any atom is 0.127 e. The number of nitrogens with one attached hydrogen (secondary N) is 1. The monoisotopic (exact) mass is 237 g/mol. The molecule has 0 aromatic heterocycles. The molecule has 0 fully saturated rings. The maximum absolute atomic E-state index is 5.63. The molecule has 0 saturated carbocycles. The molecule has 0 bridgehead atoms. The molecule has 1 N–H and O–H groups in total. The van der Waals surface area contributed by atoms with Crippen LogP contribution in [0.3, 0.4) is 0 Å². The van der Waals surface area contributed by atoms with Gasteiger partial charge in [0.05, 0.1) is 12.1 Å². The van der Waals surface area contributed by atoms with Crippen LogP contribution in [0.2, 0.25) is 0 Å². The van der Waals surface area contributed by atoms with Gasteiger partial charge >= 0.3 is 0 Å². The summed E-state index contributed by atoms with van der Waals surface area (Å²) in [6, 6.07) is 6.25. The smallest absolute Gasteiger partial charge is 0.127 e. The van der Waals surface area contributed by atoms with Crippen LogP contribution in [0.4, 0.5) is 0 Å². The average molecular weight is 237 g/mol. The first-order chi connectivity index (χ1) is 8.24. The van der Waals surface area contributed by atoms with Crippen LogP contribution in [0, 0.1) is 0 Å². The standard InChI is InChI=1S/C13H19NO3/c1-9(15-3)7-16-10-4-5-11-12(14-2)8-17-13(11)6-10/h4-6,9,12,14H,7-8H2,1-3H3. The minimum absolute atomic E-state index is 0.0919. The highest BCUT2D eigenvalue weighted by Crippen LogP contribution is 2.34. The van der Waals surface area contributed by atoms with Gasteiger partial charge in [0.15, 0.2) is 0 Å². The van der Waals surface area contributed by atoms with Crippen LogP contribution in [0.25, 0.3) is 0 Å². The van der Waals surface area contributed by atoms with Crippen molar-refractivity contribution < 1.29 is 14.2 Å². The van der Waals surface area contributed by atoms with Gasteiger partial charge in [-0.1, -0.05) is 0 Å². The second-order valence-corrected chi connectivity index (χ2v) is 4.21. The zero-order valence-electron chi connectivity index (χ0n) is 10.5. The molecule has 1 aromatic rings. The van der Waals surface area contributed by atoms with Gasteiger partial charge in [0.1, 0.15) is 24.7 Å². The molecule has 2 unspecified atom stereocenters. The van der Waals surface area contributed by atoms with E-state index < -0.39 is 0 Å². The van der Waals surface area contributed by atoms with E-state index >= 15 is 0 Å². The van der Waals surface area contributed by atoms with Crippen LogP contribution >= 0.6 is 0 Å². The van der Waals surface area contributed by atoms with E-state index in [1.807, 2.05) is 26.1 Å². The number of fused-ring (bicyclic) bond motifs is 1. The van der Waals surface area contributed by atoms with Crippen LogP contribution < -0.4 is 14.8 Å². The molecular weight excluding hydrogens is 218 g/mol. The van der Waals surface area contributed by atoms with Gasteiger partial charge < -0.3 is 19.5 Å². The number of likely N-dealkylation sites (N-methyl/N-ethyl adjacent to an activating group) is 1. The molecule has 0 saturated heterocycles. The third-order valence-electron chi connectivity index (χ3n) is 3.00. The number of rotatable bonds is 5. The van der Waals surface area contributed by atoms with E-state index in [0.29, 0.717) is 13.2 Å². The predicted molar refractivity (Wildman–Crippen MR) is 65.7 cm³/mol. The van der Waals surface area contributed by atoms with Crippen LogP contribution in [-0.2, 0) is 4.74 Å². The lowest BCUT2D eigenvalue weighted by Gasteiger charge is -2.12. The first-order valence-electron chi connectivity index (χ1n) is 5.84. The van der Waals surface area contributed by atoms with Gasteiger partial charge in [0.2, 0.25) is 0 Å². The lowest BCUT2D eigenvalue weighted by atomic mass is 10.1. The van der Waals surface area contributed by atoms with Crippen molar-refractivity contribution in [2.75, 3.05) is 27.4 Å². The zero-order valence-corrected chi connectivity index (χ0v) is 10.5. The van der Waals surface area contributed by atoms with Gasteiger partial charge in [0, 0.05) is 18.7 Å². The fourth-order valence-electron chi connectivity index (χ4n) is 1.80. The summed E-state index contributed by atoms with van der Waals surface area (Å²) in [6.45, 7) is 3.20. The molecule has 2 rings (SSSR count). The Labute approximate surface area is 102 Å². The Balaban J connectivity index is 2.03. The Bertz CT molecular complexity index is 381. The van der Waals surface area contributed by atoms with Gasteiger partial charge in [-0.15, -0.1) is 0 Å². The van der Waals surface area contributed by atoms with Crippen LogP contribution in [0.15, 0.2) is 18.2 Å². The lowest BCUT2D eigenvalue weighted by Crippen LogP contribution is -2.17. The summed E-state index contributed by atoms with van der Waals surface area (Å²) in [5.41, 5.74) is 1.19. The van der Waals surface area contributed by atoms with Crippen molar-refractivity contribution in [2.45, 2.75) is 19.1 Å². The fourth-order valence-corrected chi connectivity index (χ4v) is 1.80. The second kappa shape index (κ2) is 5.38. The molecule has 0 radical (unpaired) electrons. The highest BCUT2D eigenvalue weighted by Gasteiger charge is 2.22. The van der Waals surface area contributed by atoms with E-state index in [0.717, 1.165) is 11.5 Å². The third kappa shape index (κ3) is 2.70. The van der Waals surface area contributed by atoms with E-state index in [1.165, 1.54) is 5.56 Å². The van der Waals surface area contributed by atoms with E-state index in [-0.39, 0.29) is 12.1 Å². The molecule has 1 aliphatic heterocycles. The summed E-state index contributed by atoms with van der Waals surface area (Å²) in [7, 11) is 3.62. The van der Waals surface area contributed by atoms with Crippen LogP contribution in [0.5, 0.6) is 11.5 Å². The van der Waals surface area contributed by atoms with Gasteiger partial charge in [0.25, 0.3) is 0 Å². The molecule has 0 amide bonds. The summed E-state index contributed by atoms with van der Waals surface area (Å²) in [5, 5.41) is 3.21. The summed E-state index contributed by atoms with van der Waals surface area (Å²) in [4.78, 5) is 0. The van der Waals surface area contributed by atoms with E-state index in [2.05, 4.69) is 11.4 Å². The third-order valence-corrected chi connectivity index (χ3v) is 3.00. The quantitative estimate of drug-likeness (QED) is 0.847. The lowest BCUT2D eigenvalue weighted by molar-refractivity contribution is 0.0716. The van der Waals surface area contributed by atoms with Crippen molar-refractivity contribution in [3.05, 3.63) is 23.8 Å². The number of benzene rings is 1. The van der Waals surface area contributed by atoms with Crippen molar-refractivity contribution in [2.24, 2.45) is 0 Å². The number of methoxy groups -OCH3 is 1. The summed E-state index contributed by atoms with van der Waals surface area (Å²) in [5.74, 6) is 1.73. The molecule has 0 spiro atoms. The zero-order chi connectivity index (χ0) is 12.3. The topological polar surface area (TPSA) is 39.7 Å².